The lowest BCUT2D eigenvalue weighted by Gasteiger charge is -2.09. The molecule has 0 fully saturated rings. The van der Waals surface area contributed by atoms with Gasteiger partial charge in [-0.25, -0.2) is 9.67 Å². The Kier molecular flexibility index (Phi) is 7.05. The van der Waals surface area contributed by atoms with Crippen molar-refractivity contribution in [1.29, 1.82) is 0 Å². The first-order chi connectivity index (χ1) is 13.0. The average molecular weight is 368 g/mol. The van der Waals surface area contributed by atoms with Crippen molar-refractivity contribution in [2.24, 2.45) is 4.99 Å². The van der Waals surface area contributed by atoms with Crippen LogP contribution in [-0.4, -0.2) is 28.5 Å². The van der Waals surface area contributed by atoms with E-state index in [1.54, 1.807) is 26.2 Å². The maximum absolute atomic E-state index is 12.3. The van der Waals surface area contributed by atoms with E-state index in [2.05, 4.69) is 15.4 Å². The van der Waals surface area contributed by atoms with Gasteiger partial charge in [-0.3, -0.25) is 9.59 Å². The van der Waals surface area contributed by atoms with Crippen LogP contribution in [0.1, 0.15) is 27.2 Å². The van der Waals surface area contributed by atoms with Crippen LogP contribution in [0.4, 0.5) is 0 Å². The van der Waals surface area contributed by atoms with Crippen LogP contribution in [0.25, 0.3) is 11.3 Å². The van der Waals surface area contributed by atoms with Gasteiger partial charge in [0, 0.05) is 17.3 Å². The number of ether oxygens (including phenoxy) is 1. The van der Waals surface area contributed by atoms with Crippen molar-refractivity contribution in [3.05, 3.63) is 58.6 Å². The molecule has 0 saturated carbocycles. The zero-order valence-corrected chi connectivity index (χ0v) is 16.0. The molecule has 0 bridgehead atoms. The summed E-state index contributed by atoms with van der Waals surface area (Å²) in [4.78, 5) is 28.7. The van der Waals surface area contributed by atoms with E-state index >= 15 is 0 Å². The fraction of sp³-hybridized carbons (Fsp3) is 0.300. The Hall–Kier alpha value is -3.22. The molecule has 0 saturated heterocycles. The Labute approximate surface area is 158 Å². The number of carbonyl (C=O) groups excluding carboxylic acids is 1. The number of hydrogen-bond acceptors (Lipinski definition) is 5. The Morgan fingerprint density at radius 2 is 1.96 bits per heavy atom. The van der Waals surface area contributed by atoms with Gasteiger partial charge in [0.1, 0.15) is 18.1 Å². The van der Waals surface area contributed by atoms with Crippen molar-refractivity contribution < 1.29 is 9.53 Å². The molecule has 0 unspecified atom stereocenters. The Bertz CT molecular complexity index is 912. The average Bonchev–Trinajstić information content (AvgIpc) is 2.69. The molecule has 1 aromatic heterocycles. The van der Waals surface area contributed by atoms with Crippen LogP contribution in [0.5, 0.6) is 5.75 Å². The normalized spacial score (nSPS) is 12.0. The van der Waals surface area contributed by atoms with Gasteiger partial charge >= 0.3 is 0 Å². The Balaban J connectivity index is 2.18. The molecule has 27 heavy (non-hydrogen) atoms. The van der Waals surface area contributed by atoms with E-state index in [-0.39, 0.29) is 18.0 Å². The molecule has 0 radical (unpaired) electrons. The molecule has 0 atom stereocenters. The molecule has 0 aliphatic carbocycles. The lowest BCUT2D eigenvalue weighted by molar-refractivity contribution is -0.121. The fourth-order valence-electron chi connectivity index (χ4n) is 2.25. The smallest absolute Gasteiger partial charge is 0.267 e. The van der Waals surface area contributed by atoms with E-state index < -0.39 is 0 Å². The third-order valence-electron chi connectivity index (χ3n) is 3.91. The lowest BCUT2D eigenvalue weighted by atomic mass is 10.1. The van der Waals surface area contributed by atoms with E-state index in [9.17, 15) is 9.59 Å². The summed E-state index contributed by atoms with van der Waals surface area (Å²) in [5, 5.41) is 7.00. The number of allylic oxidation sites excluding steroid dienone is 1. The molecule has 7 nitrogen and oxygen atoms in total. The van der Waals surface area contributed by atoms with Gasteiger partial charge < -0.3 is 10.1 Å². The minimum Gasteiger partial charge on any atom is -0.497 e. The first kappa shape index (κ1) is 20.1. The van der Waals surface area contributed by atoms with Gasteiger partial charge in [-0.05, 0) is 56.7 Å². The van der Waals surface area contributed by atoms with Crippen LogP contribution in [0.15, 0.2) is 58.1 Å². The zero-order chi connectivity index (χ0) is 19.8. The minimum absolute atomic E-state index is 0.194. The highest BCUT2D eigenvalue weighted by molar-refractivity contribution is 5.84. The maximum atomic E-state index is 12.3. The molecule has 0 aliphatic heterocycles. The van der Waals surface area contributed by atoms with E-state index in [0.717, 1.165) is 28.1 Å². The van der Waals surface area contributed by atoms with Crippen LogP contribution < -0.4 is 15.6 Å². The number of aromatic nitrogens is 2. The second-order valence-corrected chi connectivity index (χ2v) is 5.87. The van der Waals surface area contributed by atoms with Gasteiger partial charge in [0.15, 0.2) is 0 Å². The second kappa shape index (κ2) is 9.47. The summed E-state index contributed by atoms with van der Waals surface area (Å²) >= 11 is 0. The number of amides is 1. The number of carbonyl (C=O) groups is 1. The summed E-state index contributed by atoms with van der Waals surface area (Å²) < 4.78 is 6.28. The number of hydrogen-bond donors (Lipinski definition) is 1. The summed E-state index contributed by atoms with van der Waals surface area (Å²) in [6.45, 7) is 5.47. The predicted octanol–water partition coefficient (Wildman–Crippen LogP) is 2.77. The molecule has 1 N–H and O–H groups in total. The molecule has 1 amide bonds. The molecule has 1 heterocycles. The van der Waals surface area contributed by atoms with Crippen molar-refractivity contribution in [3.8, 4) is 17.0 Å². The van der Waals surface area contributed by atoms with Gasteiger partial charge in [-0.1, -0.05) is 6.92 Å². The van der Waals surface area contributed by atoms with Gasteiger partial charge in [0.25, 0.3) is 5.56 Å². The number of nitrogens with zero attached hydrogens (tertiary/aromatic N) is 3. The van der Waals surface area contributed by atoms with E-state index in [0.29, 0.717) is 11.5 Å². The number of methoxy groups -OCH3 is 1. The van der Waals surface area contributed by atoms with Crippen LogP contribution >= 0.6 is 0 Å². The molecule has 1 aromatic carbocycles. The maximum Gasteiger partial charge on any atom is 0.267 e. The quantitative estimate of drug-likeness (QED) is 0.762. The molecular formula is C20H24N4O3. The summed E-state index contributed by atoms with van der Waals surface area (Å²) in [5.74, 6) is 0.823. The lowest BCUT2D eigenvalue weighted by Crippen LogP contribution is -2.33. The molecule has 0 spiro atoms. The van der Waals surface area contributed by atoms with E-state index in [1.165, 1.54) is 6.07 Å². The third kappa shape index (κ3) is 5.64. The molecule has 0 aliphatic rings. The molecule has 142 valence electrons. The summed E-state index contributed by atoms with van der Waals surface area (Å²) in [6.07, 6.45) is 2.50. The third-order valence-corrected chi connectivity index (χ3v) is 3.91. The predicted molar refractivity (Wildman–Crippen MR) is 106 cm³/mol. The van der Waals surface area contributed by atoms with Crippen LogP contribution in [0.3, 0.4) is 0 Å². The summed E-state index contributed by atoms with van der Waals surface area (Å²) in [6, 6.07) is 10.3. The number of nitrogens with one attached hydrogen (secondary N) is 1. The Morgan fingerprint density at radius 1 is 1.26 bits per heavy atom. The monoisotopic (exact) mass is 368 g/mol. The largest absolute Gasteiger partial charge is 0.497 e. The highest BCUT2D eigenvalue weighted by Gasteiger charge is 2.09. The molecule has 7 heteroatoms. The fourth-order valence-corrected chi connectivity index (χ4v) is 2.25. The molecular weight excluding hydrogens is 344 g/mol. The van der Waals surface area contributed by atoms with Crippen molar-refractivity contribution >= 4 is 11.6 Å². The van der Waals surface area contributed by atoms with Crippen LogP contribution in [0.2, 0.25) is 0 Å². The number of rotatable bonds is 7. The topological polar surface area (TPSA) is 85.6 Å². The van der Waals surface area contributed by atoms with E-state index in [1.807, 2.05) is 38.1 Å². The summed E-state index contributed by atoms with van der Waals surface area (Å²) in [5.41, 5.74) is 1.97. The van der Waals surface area contributed by atoms with Gasteiger partial charge in [0.05, 0.1) is 12.8 Å². The first-order valence-corrected chi connectivity index (χ1v) is 8.69. The zero-order valence-electron chi connectivity index (χ0n) is 16.0. The standard InChI is InChI=1S/C20H24N4O3/c1-5-14(3)21-18(6-2)22-19(25)13-24-20(26)12-11-17(23-24)15-7-9-16(27-4)10-8-15/h6-12H,5,13H2,1-4H3,(H,22,25)/b18-6+,21-14-. The van der Waals surface area contributed by atoms with Crippen LogP contribution in [0, 0.1) is 0 Å². The van der Waals surface area contributed by atoms with Crippen molar-refractivity contribution in [3.63, 3.8) is 0 Å². The molecule has 2 aromatic rings. The van der Waals surface area contributed by atoms with Crippen molar-refractivity contribution in [1.82, 2.24) is 15.1 Å². The van der Waals surface area contributed by atoms with Crippen LogP contribution in [-0.2, 0) is 11.3 Å². The van der Waals surface area contributed by atoms with E-state index in [4.69, 9.17) is 4.74 Å². The van der Waals surface area contributed by atoms with Crippen molar-refractivity contribution in [2.75, 3.05) is 7.11 Å². The highest BCUT2D eigenvalue weighted by Crippen LogP contribution is 2.19. The van der Waals surface area contributed by atoms with Gasteiger partial charge in [0.2, 0.25) is 5.91 Å². The highest BCUT2D eigenvalue weighted by atomic mass is 16.5. The van der Waals surface area contributed by atoms with Gasteiger partial charge in [-0.15, -0.1) is 0 Å². The summed E-state index contributed by atoms with van der Waals surface area (Å²) in [7, 11) is 1.59. The second-order valence-electron chi connectivity index (χ2n) is 5.87. The number of aliphatic imine (C=N–C) groups is 1. The van der Waals surface area contributed by atoms with Crippen molar-refractivity contribution in [2.45, 2.75) is 33.7 Å². The first-order valence-electron chi connectivity index (χ1n) is 8.69. The minimum atomic E-state index is -0.364. The Morgan fingerprint density at radius 3 is 2.56 bits per heavy atom. The van der Waals surface area contributed by atoms with Gasteiger partial charge in [-0.2, -0.15) is 5.10 Å². The molecule has 2 rings (SSSR count). The number of benzene rings is 1. The SMILES string of the molecule is C/C=C(\N=C(\C)CC)NC(=O)Cn1nc(-c2ccc(OC)cc2)ccc1=O.